The summed E-state index contributed by atoms with van der Waals surface area (Å²) in [5.41, 5.74) is 1.50. The molecular weight excluding hydrogens is 382 g/mol. The molecule has 152 valence electrons. The molecule has 0 bridgehead atoms. The number of benzene rings is 2. The normalized spacial score (nSPS) is 21.1. The number of hydrogen-bond acceptors (Lipinski definition) is 8. The Labute approximate surface area is 166 Å². The van der Waals surface area contributed by atoms with E-state index in [1.165, 1.54) is 7.11 Å². The van der Waals surface area contributed by atoms with E-state index < -0.39 is 18.4 Å². The molecule has 9 nitrogen and oxygen atoms in total. The number of methoxy groups -OCH3 is 3. The zero-order chi connectivity index (χ0) is 20.1. The molecular formula is C20H19NO8. The van der Waals surface area contributed by atoms with Gasteiger partial charge in [0.2, 0.25) is 18.8 Å². The van der Waals surface area contributed by atoms with Gasteiger partial charge >= 0.3 is 6.09 Å². The molecule has 0 saturated carbocycles. The van der Waals surface area contributed by atoms with Gasteiger partial charge in [-0.3, -0.25) is 4.90 Å². The summed E-state index contributed by atoms with van der Waals surface area (Å²) in [6, 6.07) is 6.74. The van der Waals surface area contributed by atoms with Crippen LogP contribution in [0.2, 0.25) is 0 Å². The summed E-state index contributed by atoms with van der Waals surface area (Å²) in [5, 5.41) is 0. The third kappa shape index (κ3) is 2.57. The van der Waals surface area contributed by atoms with Gasteiger partial charge < -0.3 is 33.2 Å². The molecule has 29 heavy (non-hydrogen) atoms. The molecule has 5 rings (SSSR count). The van der Waals surface area contributed by atoms with Crippen molar-refractivity contribution in [1.82, 2.24) is 4.90 Å². The predicted molar refractivity (Wildman–Crippen MR) is 98.1 cm³/mol. The second-order valence-corrected chi connectivity index (χ2v) is 6.66. The van der Waals surface area contributed by atoms with Gasteiger partial charge in [-0.2, -0.15) is 0 Å². The molecule has 0 N–H and O–H groups in total. The predicted octanol–water partition coefficient (Wildman–Crippen LogP) is 2.70. The fourth-order valence-corrected chi connectivity index (χ4v) is 3.93. The van der Waals surface area contributed by atoms with Crippen LogP contribution in [-0.4, -0.2) is 52.0 Å². The molecule has 1 saturated heterocycles. The first-order valence-electron chi connectivity index (χ1n) is 8.99. The minimum Gasteiger partial charge on any atom is -0.493 e. The van der Waals surface area contributed by atoms with Gasteiger partial charge in [0, 0.05) is 11.6 Å². The Balaban J connectivity index is 1.71. The maximum absolute atomic E-state index is 12.5. The van der Waals surface area contributed by atoms with Crippen LogP contribution in [0.3, 0.4) is 0 Å². The van der Waals surface area contributed by atoms with Crippen molar-refractivity contribution in [2.24, 2.45) is 0 Å². The highest BCUT2D eigenvalue weighted by molar-refractivity contribution is 5.73. The first kappa shape index (κ1) is 17.6. The van der Waals surface area contributed by atoms with Gasteiger partial charge in [-0.25, -0.2) is 4.79 Å². The first-order chi connectivity index (χ1) is 14.1. The second-order valence-electron chi connectivity index (χ2n) is 6.66. The van der Waals surface area contributed by atoms with Gasteiger partial charge in [-0.1, -0.05) is 0 Å². The number of ether oxygens (including phenoxy) is 7. The summed E-state index contributed by atoms with van der Waals surface area (Å²) in [6.45, 7) is 0.274. The van der Waals surface area contributed by atoms with Crippen molar-refractivity contribution in [2.75, 3.05) is 34.7 Å². The van der Waals surface area contributed by atoms with Crippen molar-refractivity contribution >= 4 is 6.09 Å². The lowest BCUT2D eigenvalue weighted by molar-refractivity contribution is 0.0431. The summed E-state index contributed by atoms with van der Waals surface area (Å²) in [6.07, 6.45) is -1.02. The van der Waals surface area contributed by atoms with Crippen LogP contribution in [0.5, 0.6) is 34.5 Å². The number of rotatable bonds is 4. The van der Waals surface area contributed by atoms with E-state index in [9.17, 15) is 4.79 Å². The minimum absolute atomic E-state index is 0.133. The quantitative estimate of drug-likeness (QED) is 0.773. The minimum atomic E-state index is -0.556. The van der Waals surface area contributed by atoms with Gasteiger partial charge in [-0.15, -0.1) is 0 Å². The standard InChI is InChI=1S/C20H19NO8/c1-23-15-4-10(5-16(24-2)19(15)25-3)18-11-6-13-14(28-9-27-13)7-12(11)29-17-8-26-20(22)21(17)18/h4-7,17-18H,8-9H2,1-3H3/t17?,18-/m1/s1. The number of carbonyl (C=O) groups is 1. The summed E-state index contributed by atoms with van der Waals surface area (Å²) < 4.78 is 38.7. The number of amides is 1. The molecule has 9 heteroatoms. The number of carbonyl (C=O) groups excluding carboxylic acids is 1. The lowest BCUT2D eigenvalue weighted by atomic mass is 9.93. The number of cyclic esters (lactones) is 1. The van der Waals surface area contributed by atoms with Crippen LogP contribution in [0.15, 0.2) is 24.3 Å². The summed E-state index contributed by atoms with van der Waals surface area (Å²) in [5.74, 6) is 3.24. The van der Waals surface area contributed by atoms with E-state index in [0.29, 0.717) is 34.5 Å². The first-order valence-corrected chi connectivity index (χ1v) is 8.99. The largest absolute Gasteiger partial charge is 0.493 e. The maximum Gasteiger partial charge on any atom is 0.413 e. The fraction of sp³-hybridized carbons (Fsp3) is 0.350. The maximum atomic E-state index is 12.5. The zero-order valence-electron chi connectivity index (χ0n) is 16.1. The van der Waals surface area contributed by atoms with Crippen molar-refractivity contribution in [2.45, 2.75) is 12.3 Å². The molecule has 0 aromatic heterocycles. The molecule has 1 unspecified atom stereocenters. The zero-order valence-corrected chi connectivity index (χ0v) is 16.1. The summed E-state index contributed by atoms with van der Waals surface area (Å²) in [7, 11) is 4.63. The lowest BCUT2D eigenvalue weighted by Gasteiger charge is -2.37. The second kappa shape index (κ2) is 6.54. The molecule has 1 fully saturated rings. The molecule has 3 aliphatic rings. The highest BCUT2D eigenvalue weighted by atomic mass is 16.7. The van der Waals surface area contributed by atoms with E-state index >= 15 is 0 Å². The van der Waals surface area contributed by atoms with Crippen LogP contribution in [0.25, 0.3) is 0 Å². The Morgan fingerprint density at radius 2 is 1.59 bits per heavy atom. The highest BCUT2D eigenvalue weighted by Crippen LogP contribution is 2.50. The Morgan fingerprint density at radius 1 is 0.897 bits per heavy atom. The molecule has 0 spiro atoms. The van der Waals surface area contributed by atoms with Crippen LogP contribution < -0.4 is 28.4 Å². The van der Waals surface area contributed by atoms with Gasteiger partial charge in [0.05, 0.1) is 27.4 Å². The van der Waals surface area contributed by atoms with E-state index in [0.717, 1.165) is 11.1 Å². The summed E-state index contributed by atoms with van der Waals surface area (Å²) >= 11 is 0. The van der Waals surface area contributed by atoms with Crippen LogP contribution in [0.4, 0.5) is 4.79 Å². The van der Waals surface area contributed by atoms with Crippen molar-refractivity contribution in [1.29, 1.82) is 0 Å². The smallest absolute Gasteiger partial charge is 0.413 e. The Bertz CT molecular complexity index is 966. The van der Waals surface area contributed by atoms with Crippen molar-refractivity contribution in [3.05, 3.63) is 35.4 Å². The van der Waals surface area contributed by atoms with E-state index in [2.05, 4.69) is 0 Å². The lowest BCUT2D eigenvalue weighted by Crippen LogP contribution is -2.44. The molecule has 2 aromatic carbocycles. The van der Waals surface area contributed by atoms with Crippen molar-refractivity contribution < 1.29 is 38.0 Å². The Kier molecular flexibility index (Phi) is 3.97. The average Bonchev–Trinajstić information content (AvgIpc) is 3.35. The van der Waals surface area contributed by atoms with Gasteiger partial charge in [0.15, 0.2) is 23.0 Å². The SMILES string of the molecule is COc1cc([C@@H]2c3cc4c(cc3OC3COC(=O)N32)OCO4)cc(OC)c1OC. The van der Waals surface area contributed by atoms with Gasteiger partial charge in [-0.05, 0) is 23.8 Å². The Hall–Kier alpha value is -3.49. The number of hydrogen-bond donors (Lipinski definition) is 0. The summed E-state index contributed by atoms with van der Waals surface area (Å²) in [4.78, 5) is 14.1. The molecule has 0 radical (unpaired) electrons. The molecule has 3 heterocycles. The molecule has 2 aromatic rings. The fourth-order valence-electron chi connectivity index (χ4n) is 3.93. The van der Waals surface area contributed by atoms with E-state index in [-0.39, 0.29) is 13.4 Å². The van der Waals surface area contributed by atoms with Crippen LogP contribution >= 0.6 is 0 Å². The third-order valence-electron chi connectivity index (χ3n) is 5.21. The van der Waals surface area contributed by atoms with Gasteiger partial charge in [0.1, 0.15) is 12.4 Å². The number of fused-ring (bicyclic) bond motifs is 3. The molecule has 2 atom stereocenters. The van der Waals surface area contributed by atoms with E-state index in [1.807, 2.05) is 18.2 Å². The monoisotopic (exact) mass is 401 g/mol. The van der Waals surface area contributed by atoms with E-state index in [4.69, 9.17) is 33.2 Å². The molecule has 0 aliphatic carbocycles. The highest BCUT2D eigenvalue weighted by Gasteiger charge is 2.46. The van der Waals surface area contributed by atoms with Gasteiger partial charge in [0.25, 0.3) is 0 Å². The average molecular weight is 401 g/mol. The van der Waals surface area contributed by atoms with Crippen LogP contribution in [0.1, 0.15) is 17.2 Å². The van der Waals surface area contributed by atoms with Crippen LogP contribution in [0, 0.1) is 0 Å². The van der Waals surface area contributed by atoms with Crippen molar-refractivity contribution in [3.63, 3.8) is 0 Å². The topological polar surface area (TPSA) is 84.9 Å². The molecule has 1 amide bonds. The van der Waals surface area contributed by atoms with E-state index in [1.54, 1.807) is 25.2 Å². The Morgan fingerprint density at radius 3 is 2.24 bits per heavy atom. The van der Waals surface area contributed by atoms with Crippen molar-refractivity contribution in [3.8, 4) is 34.5 Å². The third-order valence-corrected chi connectivity index (χ3v) is 5.21. The molecule has 3 aliphatic heterocycles. The van der Waals surface area contributed by atoms with Crippen LogP contribution in [-0.2, 0) is 4.74 Å². The number of nitrogens with zero attached hydrogens (tertiary/aromatic N) is 1.